The van der Waals surface area contributed by atoms with Gasteiger partial charge in [0.25, 0.3) is 5.91 Å². The lowest BCUT2D eigenvalue weighted by atomic mass is 10.2. The highest BCUT2D eigenvalue weighted by atomic mass is 16.6. The Labute approximate surface area is 77.0 Å². The van der Waals surface area contributed by atoms with E-state index >= 15 is 0 Å². The molecule has 13 heavy (non-hydrogen) atoms. The molecule has 0 spiro atoms. The number of hydrogen-bond donors (Lipinski definition) is 1. The van der Waals surface area contributed by atoms with E-state index in [1.54, 1.807) is 6.08 Å². The standard InChI is InChI=1S/C10H11NO2/c1-13-11-10(12)8-7-9-5-3-2-4-6-9/h2-8H,1H3,(H,11,12)/b8-7+. The first kappa shape index (κ1) is 9.48. The number of hydroxylamine groups is 1. The summed E-state index contributed by atoms with van der Waals surface area (Å²) in [7, 11) is 1.40. The fourth-order valence-corrected chi connectivity index (χ4v) is 0.871. The minimum atomic E-state index is -0.272. The zero-order valence-electron chi connectivity index (χ0n) is 7.36. The van der Waals surface area contributed by atoms with Crippen molar-refractivity contribution in [3.8, 4) is 0 Å². The molecule has 0 aliphatic heterocycles. The third-order valence-electron chi connectivity index (χ3n) is 1.43. The van der Waals surface area contributed by atoms with Crippen LogP contribution in [0, 0.1) is 0 Å². The maximum atomic E-state index is 10.9. The van der Waals surface area contributed by atoms with Gasteiger partial charge in [-0.1, -0.05) is 30.3 Å². The Balaban J connectivity index is 2.54. The summed E-state index contributed by atoms with van der Waals surface area (Å²) in [6.07, 6.45) is 3.13. The molecule has 0 aliphatic carbocycles. The Bertz CT molecular complexity index is 293. The summed E-state index contributed by atoms with van der Waals surface area (Å²) in [5.74, 6) is -0.272. The Morgan fingerprint density at radius 1 is 1.38 bits per heavy atom. The van der Waals surface area contributed by atoms with Crippen molar-refractivity contribution in [3.05, 3.63) is 42.0 Å². The molecule has 0 aliphatic rings. The number of benzene rings is 1. The monoisotopic (exact) mass is 177 g/mol. The minimum Gasteiger partial charge on any atom is -0.277 e. The lowest BCUT2D eigenvalue weighted by Gasteiger charge is -1.94. The first-order valence-corrected chi connectivity index (χ1v) is 3.89. The Hall–Kier alpha value is -1.61. The van der Waals surface area contributed by atoms with Crippen LogP contribution in [-0.2, 0) is 9.63 Å². The van der Waals surface area contributed by atoms with Crippen molar-refractivity contribution < 1.29 is 9.63 Å². The molecule has 0 unspecified atom stereocenters. The maximum absolute atomic E-state index is 10.9. The Kier molecular flexibility index (Phi) is 3.73. The molecule has 0 saturated carbocycles. The largest absolute Gasteiger partial charge is 0.277 e. The summed E-state index contributed by atoms with van der Waals surface area (Å²) in [6.45, 7) is 0. The summed E-state index contributed by atoms with van der Waals surface area (Å²) in [4.78, 5) is 15.3. The van der Waals surface area contributed by atoms with Gasteiger partial charge in [0.05, 0.1) is 7.11 Å². The minimum absolute atomic E-state index is 0.272. The zero-order chi connectivity index (χ0) is 9.52. The molecule has 68 valence electrons. The average Bonchev–Trinajstić information content (AvgIpc) is 2.17. The third-order valence-corrected chi connectivity index (χ3v) is 1.43. The third kappa shape index (κ3) is 3.53. The fraction of sp³-hybridized carbons (Fsp3) is 0.100. The highest BCUT2D eigenvalue weighted by Gasteiger charge is 1.90. The topological polar surface area (TPSA) is 38.3 Å². The van der Waals surface area contributed by atoms with Gasteiger partial charge in [-0.3, -0.25) is 9.63 Å². The van der Waals surface area contributed by atoms with Crippen LogP contribution in [0.5, 0.6) is 0 Å². The summed E-state index contributed by atoms with van der Waals surface area (Å²) in [6, 6.07) is 9.57. The maximum Gasteiger partial charge on any atom is 0.267 e. The van der Waals surface area contributed by atoms with Crippen LogP contribution in [0.1, 0.15) is 5.56 Å². The second-order valence-electron chi connectivity index (χ2n) is 2.41. The van der Waals surface area contributed by atoms with Gasteiger partial charge in [0.15, 0.2) is 0 Å². The van der Waals surface area contributed by atoms with Gasteiger partial charge in [-0.25, -0.2) is 5.48 Å². The summed E-state index contributed by atoms with van der Waals surface area (Å²) in [5.41, 5.74) is 3.17. The predicted molar refractivity (Wildman–Crippen MR) is 50.6 cm³/mol. The quantitative estimate of drug-likeness (QED) is 0.559. The van der Waals surface area contributed by atoms with E-state index in [0.717, 1.165) is 5.56 Å². The van der Waals surface area contributed by atoms with E-state index < -0.39 is 0 Å². The molecule has 3 nitrogen and oxygen atoms in total. The Morgan fingerprint density at radius 2 is 2.08 bits per heavy atom. The van der Waals surface area contributed by atoms with Crippen molar-refractivity contribution in [3.63, 3.8) is 0 Å². The second kappa shape index (κ2) is 5.11. The molecular formula is C10H11NO2. The molecule has 1 amide bonds. The molecule has 1 N–H and O–H groups in total. The van der Waals surface area contributed by atoms with Crippen molar-refractivity contribution in [1.82, 2.24) is 5.48 Å². The van der Waals surface area contributed by atoms with E-state index in [1.807, 2.05) is 30.3 Å². The molecule has 3 heteroatoms. The van der Waals surface area contributed by atoms with E-state index in [1.165, 1.54) is 13.2 Å². The SMILES string of the molecule is CONC(=O)/C=C/c1ccccc1. The predicted octanol–water partition coefficient (Wildman–Crippen LogP) is 1.38. The molecule has 1 rings (SSSR count). The summed E-state index contributed by atoms with van der Waals surface area (Å²) < 4.78 is 0. The normalized spacial score (nSPS) is 10.2. The lowest BCUT2D eigenvalue weighted by molar-refractivity contribution is -0.126. The van der Waals surface area contributed by atoms with Crippen molar-refractivity contribution >= 4 is 12.0 Å². The van der Waals surface area contributed by atoms with Gasteiger partial charge >= 0.3 is 0 Å². The van der Waals surface area contributed by atoms with Crippen molar-refractivity contribution in [2.45, 2.75) is 0 Å². The molecule has 0 radical (unpaired) electrons. The molecule has 0 bridgehead atoms. The number of carbonyl (C=O) groups excluding carboxylic acids is 1. The highest BCUT2D eigenvalue weighted by Crippen LogP contribution is 2.00. The van der Waals surface area contributed by atoms with Crippen LogP contribution in [0.25, 0.3) is 6.08 Å². The van der Waals surface area contributed by atoms with Crippen LogP contribution in [0.2, 0.25) is 0 Å². The van der Waals surface area contributed by atoms with Crippen molar-refractivity contribution in [1.29, 1.82) is 0 Å². The van der Waals surface area contributed by atoms with E-state index in [9.17, 15) is 4.79 Å². The molecule has 1 aromatic carbocycles. The van der Waals surface area contributed by atoms with Gasteiger partial charge in [-0.2, -0.15) is 0 Å². The van der Waals surface area contributed by atoms with Crippen LogP contribution in [-0.4, -0.2) is 13.0 Å². The highest BCUT2D eigenvalue weighted by molar-refractivity contribution is 5.90. The molecule has 0 atom stereocenters. The molecule has 0 fully saturated rings. The molecule has 1 aromatic rings. The van der Waals surface area contributed by atoms with Gasteiger partial charge in [0, 0.05) is 6.08 Å². The van der Waals surface area contributed by atoms with E-state index in [2.05, 4.69) is 10.3 Å². The average molecular weight is 177 g/mol. The van der Waals surface area contributed by atoms with Crippen molar-refractivity contribution in [2.75, 3.05) is 7.11 Å². The number of nitrogens with one attached hydrogen (secondary N) is 1. The van der Waals surface area contributed by atoms with Crippen LogP contribution < -0.4 is 5.48 Å². The number of amides is 1. The van der Waals surface area contributed by atoms with Gasteiger partial charge in [0.2, 0.25) is 0 Å². The number of carbonyl (C=O) groups is 1. The van der Waals surface area contributed by atoms with Crippen molar-refractivity contribution in [2.24, 2.45) is 0 Å². The fourth-order valence-electron chi connectivity index (χ4n) is 0.871. The summed E-state index contributed by atoms with van der Waals surface area (Å²) in [5, 5.41) is 0. The van der Waals surface area contributed by atoms with Crippen LogP contribution >= 0.6 is 0 Å². The van der Waals surface area contributed by atoms with Gasteiger partial charge in [-0.15, -0.1) is 0 Å². The molecule has 0 saturated heterocycles. The number of rotatable bonds is 3. The van der Waals surface area contributed by atoms with Gasteiger partial charge in [-0.05, 0) is 11.6 Å². The van der Waals surface area contributed by atoms with E-state index in [-0.39, 0.29) is 5.91 Å². The zero-order valence-corrected chi connectivity index (χ0v) is 7.36. The van der Waals surface area contributed by atoms with Gasteiger partial charge < -0.3 is 0 Å². The van der Waals surface area contributed by atoms with E-state index in [4.69, 9.17) is 0 Å². The molecule has 0 heterocycles. The van der Waals surface area contributed by atoms with E-state index in [0.29, 0.717) is 0 Å². The van der Waals surface area contributed by atoms with Crippen LogP contribution in [0.4, 0.5) is 0 Å². The van der Waals surface area contributed by atoms with Crippen LogP contribution in [0.3, 0.4) is 0 Å². The van der Waals surface area contributed by atoms with Crippen LogP contribution in [0.15, 0.2) is 36.4 Å². The number of hydrogen-bond acceptors (Lipinski definition) is 2. The summed E-state index contributed by atoms with van der Waals surface area (Å²) >= 11 is 0. The molecule has 0 aromatic heterocycles. The molecular weight excluding hydrogens is 166 g/mol. The first-order valence-electron chi connectivity index (χ1n) is 3.89. The first-order chi connectivity index (χ1) is 6.33. The second-order valence-corrected chi connectivity index (χ2v) is 2.41. The Morgan fingerprint density at radius 3 is 2.69 bits per heavy atom. The smallest absolute Gasteiger partial charge is 0.267 e. The lowest BCUT2D eigenvalue weighted by Crippen LogP contribution is -2.18. The van der Waals surface area contributed by atoms with Gasteiger partial charge in [0.1, 0.15) is 0 Å².